The summed E-state index contributed by atoms with van der Waals surface area (Å²) >= 11 is 9.34. The summed E-state index contributed by atoms with van der Waals surface area (Å²) in [4.78, 5) is 4.74. The van der Waals surface area contributed by atoms with Gasteiger partial charge in [0.1, 0.15) is 0 Å². The van der Waals surface area contributed by atoms with Crippen molar-refractivity contribution in [1.29, 1.82) is 0 Å². The van der Waals surface area contributed by atoms with Crippen molar-refractivity contribution < 1.29 is 4.74 Å². The number of hydrogen-bond donors (Lipinski definition) is 1. The molecule has 3 heterocycles. The summed E-state index contributed by atoms with van der Waals surface area (Å²) in [5.74, 6) is 1.56. The van der Waals surface area contributed by atoms with Crippen molar-refractivity contribution in [3.05, 3.63) is 70.2 Å². The first kappa shape index (κ1) is 22.4. The molecule has 1 fully saturated rings. The first-order chi connectivity index (χ1) is 16.1. The highest BCUT2D eigenvalue weighted by Gasteiger charge is 2.22. The fourth-order valence-electron chi connectivity index (χ4n) is 3.69. The Morgan fingerprint density at radius 3 is 2.73 bits per heavy atom. The van der Waals surface area contributed by atoms with Gasteiger partial charge in [-0.2, -0.15) is 0 Å². The molecule has 1 aliphatic rings. The molecule has 1 aliphatic heterocycles. The van der Waals surface area contributed by atoms with Crippen LogP contribution >= 0.6 is 34.7 Å². The molecule has 1 N–H and O–H groups in total. The first-order valence-electron chi connectivity index (χ1n) is 10.9. The SMILES string of the molecule is Cc1ccc(Nc2nc(CSc3nnc(-c4ccc(Cl)cc4)n3C[C@H]3CCCO3)cs2)cc1. The zero-order valence-corrected chi connectivity index (χ0v) is 20.6. The second-order valence-electron chi connectivity index (χ2n) is 7.98. The first-order valence-corrected chi connectivity index (χ1v) is 13.1. The van der Waals surface area contributed by atoms with Gasteiger partial charge in [0.2, 0.25) is 0 Å². The van der Waals surface area contributed by atoms with Gasteiger partial charge >= 0.3 is 0 Å². The lowest BCUT2D eigenvalue weighted by Crippen LogP contribution is -2.16. The van der Waals surface area contributed by atoms with E-state index >= 15 is 0 Å². The van der Waals surface area contributed by atoms with Crippen LogP contribution in [0.3, 0.4) is 0 Å². The molecule has 1 saturated heterocycles. The number of ether oxygens (including phenoxy) is 1. The molecule has 0 amide bonds. The maximum Gasteiger partial charge on any atom is 0.191 e. The maximum absolute atomic E-state index is 6.08. The molecule has 33 heavy (non-hydrogen) atoms. The summed E-state index contributed by atoms with van der Waals surface area (Å²) in [7, 11) is 0. The van der Waals surface area contributed by atoms with E-state index in [9.17, 15) is 0 Å². The topological polar surface area (TPSA) is 64.9 Å². The Balaban J connectivity index is 1.31. The summed E-state index contributed by atoms with van der Waals surface area (Å²) in [6.45, 7) is 3.64. The highest BCUT2D eigenvalue weighted by atomic mass is 35.5. The highest BCUT2D eigenvalue weighted by Crippen LogP contribution is 2.30. The van der Waals surface area contributed by atoms with Crippen molar-refractivity contribution in [2.24, 2.45) is 0 Å². The van der Waals surface area contributed by atoms with E-state index in [1.165, 1.54) is 5.56 Å². The standard InChI is InChI=1S/C24H24ClN5OS2/c1-16-4-10-19(11-5-16)26-23-27-20(14-32-23)15-33-24-29-28-22(17-6-8-18(25)9-7-17)30(24)13-21-3-2-12-31-21/h4-11,14,21H,2-3,12-13,15H2,1H3,(H,26,27)/t21-/m1/s1. The fraction of sp³-hybridized carbons (Fsp3) is 0.292. The van der Waals surface area contributed by atoms with Gasteiger partial charge in [-0.05, 0) is 56.2 Å². The van der Waals surface area contributed by atoms with Gasteiger partial charge < -0.3 is 10.1 Å². The lowest BCUT2D eigenvalue weighted by molar-refractivity contribution is 0.0953. The fourth-order valence-corrected chi connectivity index (χ4v) is 5.50. The molecule has 0 bridgehead atoms. The number of thiazole rings is 1. The lowest BCUT2D eigenvalue weighted by Gasteiger charge is -2.14. The number of thioether (sulfide) groups is 1. The Morgan fingerprint density at radius 1 is 1.15 bits per heavy atom. The minimum absolute atomic E-state index is 0.191. The van der Waals surface area contributed by atoms with Crippen LogP contribution in [-0.4, -0.2) is 32.5 Å². The second kappa shape index (κ2) is 10.3. The number of halogens is 1. The maximum atomic E-state index is 6.08. The third kappa shape index (κ3) is 5.58. The normalized spacial score (nSPS) is 15.8. The average molecular weight is 498 g/mol. The van der Waals surface area contributed by atoms with E-state index in [1.54, 1.807) is 23.1 Å². The van der Waals surface area contributed by atoms with Crippen LogP contribution in [0, 0.1) is 6.92 Å². The number of benzene rings is 2. The Hall–Kier alpha value is -2.39. The van der Waals surface area contributed by atoms with Gasteiger partial charge in [0.05, 0.1) is 18.3 Å². The molecule has 0 aliphatic carbocycles. The van der Waals surface area contributed by atoms with Gasteiger partial charge in [-0.25, -0.2) is 4.98 Å². The number of nitrogens with zero attached hydrogens (tertiary/aromatic N) is 4. The monoisotopic (exact) mass is 497 g/mol. The van der Waals surface area contributed by atoms with E-state index in [0.717, 1.165) is 64.8 Å². The third-order valence-electron chi connectivity index (χ3n) is 5.43. The number of aromatic nitrogens is 4. The van der Waals surface area contributed by atoms with Crippen molar-refractivity contribution in [1.82, 2.24) is 19.7 Å². The predicted octanol–water partition coefficient (Wildman–Crippen LogP) is 6.58. The Kier molecular flexibility index (Phi) is 6.96. The molecular formula is C24H24ClN5OS2. The van der Waals surface area contributed by atoms with E-state index in [0.29, 0.717) is 5.02 Å². The molecule has 1 atom stereocenters. The van der Waals surface area contributed by atoms with Crippen molar-refractivity contribution in [3.63, 3.8) is 0 Å². The minimum atomic E-state index is 0.191. The zero-order valence-electron chi connectivity index (χ0n) is 18.2. The van der Waals surface area contributed by atoms with E-state index < -0.39 is 0 Å². The molecule has 9 heteroatoms. The van der Waals surface area contributed by atoms with Crippen LogP contribution in [0.25, 0.3) is 11.4 Å². The van der Waals surface area contributed by atoms with Crippen LogP contribution < -0.4 is 5.32 Å². The van der Waals surface area contributed by atoms with Crippen LogP contribution in [0.2, 0.25) is 5.02 Å². The van der Waals surface area contributed by atoms with E-state index in [1.807, 2.05) is 24.3 Å². The number of rotatable bonds is 8. The molecule has 0 unspecified atom stereocenters. The minimum Gasteiger partial charge on any atom is -0.376 e. The molecular weight excluding hydrogens is 474 g/mol. The van der Waals surface area contributed by atoms with Gasteiger partial charge in [-0.15, -0.1) is 21.5 Å². The number of aryl methyl sites for hydroxylation is 1. The molecule has 0 spiro atoms. The summed E-state index contributed by atoms with van der Waals surface area (Å²) in [5, 5.41) is 16.9. The van der Waals surface area contributed by atoms with Gasteiger partial charge in [-0.3, -0.25) is 4.57 Å². The van der Waals surface area contributed by atoms with Gasteiger partial charge in [-0.1, -0.05) is 41.1 Å². The lowest BCUT2D eigenvalue weighted by atomic mass is 10.2. The van der Waals surface area contributed by atoms with E-state index in [-0.39, 0.29) is 6.10 Å². The van der Waals surface area contributed by atoms with Crippen molar-refractivity contribution >= 4 is 45.5 Å². The molecule has 0 radical (unpaired) electrons. The molecule has 2 aromatic heterocycles. The quantitative estimate of drug-likeness (QED) is 0.277. The van der Waals surface area contributed by atoms with Crippen LogP contribution in [0.1, 0.15) is 24.1 Å². The number of anilines is 2. The van der Waals surface area contributed by atoms with Crippen LogP contribution in [0.4, 0.5) is 10.8 Å². The van der Waals surface area contributed by atoms with Crippen molar-refractivity contribution in [2.45, 2.75) is 43.3 Å². The average Bonchev–Trinajstić information content (AvgIpc) is 3.57. The molecule has 4 aromatic rings. The van der Waals surface area contributed by atoms with Gasteiger partial charge in [0.15, 0.2) is 16.1 Å². The molecule has 2 aromatic carbocycles. The van der Waals surface area contributed by atoms with Crippen molar-refractivity contribution in [3.8, 4) is 11.4 Å². The van der Waals surface area contributed by atoms with Crippen LogP contribution in [0.15, 0.2) is 59.1 Å². The van der Waals surface area contributed by atoms with E-state index in [2.05, 4.69) is 56.7 Å². The molecule has 6 nitrogen and oxygen atoms in total. The van der Waals surface area contributed by atoms with Gasteiger partial charge in [0, 0.05) is 34.0 Å². The second-order valence-corrected chi connectivity index (χ2v) is 10.2. The Bertz CT molecular complexity index is 1200. The zero-order chi connectivity index (χ0) is 22.6. The Morgan fingerprint density at radius 2 is 1.97 bits per heavy atom. The number of nitrogens with one attached hydrogen (secondary N) is 1. The summed E-state index contributed by atoms with van der Waals surface area (Å²) in [5.41, 5.74) is 4.29. The highest BCUT2D eigenvalue weighted by molar-refractivity contribution is 7.98. The largest absolute Gasteiger partial charge is 0.376 e. The predicted molar refractivity (Wildman–Crippen MR) is 136 cm³/mol. The van der Waals surface area contributed by atoms with Crippen LogP contribution in [0.5, 0.6) is 0 Å². The molecule has 0 saturated carbocycles. The summed E-state index contributed by atoms with van der Waals surface area (Å²) in [6, 6.07) is 16.0. The number of hydrogen-bond acceptors (Lipinski definition) is 7. The summed E-state index contributed by atoms with van der Waals surface area (Å²) < 4.78 is 8.06. The molecule has 170 valence electrons. The van der Waals surface area contributed by atoms with Crippen LogP contribution in [-0.2, 0) is 17.0 Å². The van der Waals surface area contributed by atoms with Crippen molar-refractivity contribution in [2.75, 3.05) is 11.9 Å². The third-order valence-corrected chi connectivity index (χ3v) is 7.49. The van der Waals surface area contributed by atoms with E-state index in [4.69, 9.17) is 21.3 Å². The van der Waals surface area contributed by atoms with Gasteiger partial charge in [0.25, 0.3) is 0 Å². The smallest absolute Gasteiger partial charge is 0.191 e. The molecule has 5 rings (SSSR count). The Labute approximate surface area is 206 Å². The summed E-state index contributed by atoms with van der Waals surface area (Å²) in [6.07, 6.45) is 2.35.